The van der Waals surface area contributed by atoms with Crippen molar-refractivity contribution in [1.29, 1.82) is 0 Å². The summed E-state index contributed by atoms with van der Waals surface area (Å²) in [6, 6.07) is 11.9. The van der Waals surface area contributed by atoms with Crippen molar-refractivity contribution in [3.05, 3.63) is 58.7 Å². The molecule has 1 N–H and O–H groups in total. The number of aryl methyl sites for hydroxylation is 3. The number of methoxy groups -OCH3 is 1. The van der Waals surface area contributed by atoms with E-state index in [-0.39, 0.29) is 24.2 Å². The normalized spacial score (nSPS) is 16.4. The number of nitrogens with one attached hydrogen (secondary N) is 1. The Kier molecular flexibility index (Phi) is 6.02. The first kappa shape index (κ1) is 19.9. The lowest BCUT2D eigenvalue weighted by Crippen LogP contribution is -2.30. The van der Waals surface area contributed by atoms with Gasteiger partial charge in [0, 0.05) is 25.2 Å². The smallest absolute Gasteiger partial charge is 0.229 e. The van der Waals surface area contributed by atoms with E-state index in [0.717, 1.165) is 28.1 Å². The van der Waals surface area contributed by atoms with Crippen LogP contribution in [0.5, 0.6) is 5.75 Å². The van der Waals surface area contributed by atoms with Crippen molar-refractivity contribution < 1.29 is 14.3 Å². The van der Waals surface area contributed by atoms with E-state index in [2.05, 4.69) is 17.4 Å². The van der Waals surface area contributed by atoms with Crippen molar-refractivity contribution in [3.63, 3.8) is 0 Å². The van der Waals surface area contributed by atoms with Crippen molar-refractivity contribution in [3.8, 4) is 5.75 Å². The predicted molar refractivity (Wildman–Crippen MR) is 111 cm³/mol. The zero-order valence-corrected chi connectivity index (χ0v) is 17.0. The van der Waals surface area contributed by atoms with E-state index in [9.17, 15) is 9.59 Å². The molecule has 0 saturated carbocycles. The fourth-order valence-electron chi connectivity index (χ4n) is 3.93. The lowest BCUT2D eigenvalue weighted by molar-refractivity contribution is -0.128. The molecule has 1 aliphatic heterocycles. The summed E-state index contributed by atoms with van der Waals surface area (Å²) in [7, 11) is 1.65. The lowest BCUT2D eigenvalue weighted by Gasteiger charge is -2.18. The molecule has 0 aliphatic carbocycles. The average Bonchev–Trinajstić information content (AvgIpc) is 3.04. The first-order valence-electron chi connectivity index (χ1n) is 9.67. The summed E-state index contributed by atoms with van der Waals surface area (Å²) in [6.45, 7) is 7.08. The minimum Gasteiger partial charge on any atom is -0.496 e. The second kappa shape index (κ2) is 8.46. The molecule has 2 amide bonds. The van der Waals surface area contributed by atoms with Crippen LogP contribution in [0.25, 0.3) is 0 Å². The monoisotopic (exact) mass is 380 g/mol. The number of rotatable bonds is 6. The molecule has 1 atom stereocenters. The summed E-state index contributed by atoms with van der Waals surface area (Å²) >= 11 is 0. The van der Waals surface area contributed by atoms with E-state index >= 15 is 0 Å². The van der Waals surface area contributed by atoms with Gasteiger partial charge in [0.25, 0.3) is 0 Å². The van der Waals surface area contributed by atoms with Gasteiger partial charge < -0.3 is 15.0 Å². The molecule has 1 aliphatic rings. The number of para-hydroxylation sites is 1. The third-order valence-electron chi connectivity index (χ3n) is 5.35. The van der Waals surface area contributed by atoms with Gasteiger partial charge in [-0.05, 0) is 49.9 Å². The van der Waals surface area contributed by atoms with Crippen LogP contribution in [0, 0.1) is 26.7 Å². The average molecular weight is 380 g/mol. The maximum Gasteiger partial charge on any atom is 0.229 e. The van der Waals surface area contributed by atoms with E-state index < -0.39 is 0 Å². The molecule has 3 rings (SSSR count). The molecule has 1 fully saturated rings. The number of ether oxygens (including phenoxy) is 1. The van der Waals surface area contributed by atoms with Gasteiger partial charge in [0.2, 0.25) is 11.8 Å². The predicted octanol–water partition coefficient (Wildman–Crippen LogP) is 3.65. The minimum absolute atomic E-state index is 0.0346. The Hall–Kier alpha value is -2.82. The molecule has 1 heterocycles. The second-order valence-electron chi connectivity index (χ2n) is 7.57. The topological polar surface area (TPSA) is 58.6 Å². The number of hydrogen-bond donors (Lipinski definition) is 1. The zero-order chi connectivity index (χ0) is 20.3. The van der Waals surface area contributed by atoms with Crippen molar-refractivity contribution in [1.82, 2.24) is 4.90 Å². The molecule has 1 saturated heterocycles. The van der Waals surface area contributed by atoms with Crippen LogP contribution in [0.3, 0.4) is 0 Å². The van der Waals surface area contributed by atoms with Crippen LogP contribution >= 0.6 is 0 Å². The number of anilines is 1. The fraction of sp³-hybridized carbons (Fsp3) is 0.391. The first-order valence-corrected chi connectivity index (χ1v) is 9.67. The van der Waals surface area contributed by atoms with Gasteiger partial charge in [0.1, 0.15) is 5.75 Å². The minimum atomic E-state index is -0.315. The SMILES string of the molecule is COc1ccccc1CCN1CC(C(=O)Nc2c(C)cc(C)cc2C)CC1=O. The number of amides is 2. The fourth-order valence-corrected chi connectivity index (χ4v) is 3.93. The molecule has 2 aromatic carbocycles. The molecule has 148 valence electrons. The number of benzene rings is 2. The largest absolute Gasteiger partial charge is 0.496 e. The molecule has 0 spiro atoms. The van der Waals surface area contributed by atoms with Crippen LogP contribution in [-0.2, 0) is 16.0 Å². The standard InChI is InChI=1S/C23H28N2O3/c1-15-11-16(2)22(17(3)12-15)24-23(27)19-13-21(26)25(14-19)10-9-18-7-5-6-8-20(18)28-4/h5-8,11-12,19H,9-10,13-14H2,1-4H3,(H,24,27). The highest BCUT2D eigenvalue weighted by Crippen LogP contribution is 2.26. The third kappa shape index (κ3) is 4.35. The van der Waals surface area contributed by atoms with E-state index in [1.54, 1.807) is 12.0 Å². The van der Waals surface area contributed by atoms with Crippen LogP contribution in [0.15, 0.2) is 36.4 Å². The molecule has 0 bridgehead atoms. The first-order chi connectivity index (χ1) is 13.4. The molecule has 2 aromatic rings. The molecular weight excluding hydrogens is 352 g/mol. The summed E-state index contributed by atoms with van der Waals surface area (Å²) in [4.78, 5) is 27.0. The van der Waals surface area contributed by atoms with Crippen LogP contribution in [0.2, 0.25) is 0 Å². The molecule has 1 unspecified atom stereocenters. The maximum absolute atomic E-state index is 12.8. The molecular formula is C23H28N2O3. The number of nitrogens with zero attached hydrogens (tertiary/aromatic N) is 1. The highest BCUT2D eigenvalue weighted by Gasteiger charge is 2.34. The maximum atomic E-state index is 12.8. The summed E-state index contributed by atoms with van der Waals surface area (Å²) in [5.74, 6) is 0.467. The van der Waals surface area contributed by atoms with Gasteiger partial charge in [-0.2, -0.15) is 0 Å². The van der Waals surface area contributed by atoms with Gasteiger partial charge >= 0.3 is 0 Å². The van der Waals surface area contributed by atoms with Crippen molar-refractivity contribution in [2.75, 3.05) is 25.5 Å². The Bertz CT molecular complexity index is 868. The number of carbonyl (C=O) groups is 2. The molecule has 28 heavy (non-hydrogen) atoms. The quantitative estimate of drug-likeness (QED) is 0.832. The molecule has 5 heteroatoms. The highest BCUT2D eigenvalue weighted by atomic mass is 16.5. The molecule has 5 nitrogen and oxygen atoms in total. The second-order valence-corrected chi connectivity index (χ2v) is 7.57. The lowest BCUT2D eigenvalue weighted by atomic mass is 10.0. The van der Waals surface area contributed by atoms with Crippen molar-refractivity contribution >= 4 is 17.5 Å². The van der Waals surface area contributed by atoms with Crippen LogP contribution in [0.1, 0.15) is 28.7 Å². The van der Waals surface area contributed by atoms with Crippen molar-refractivity contribution in [2.24, 2.45) is 5.92 Å². The van der Waals surface area contributed by atoms with E-state index in [4.69, 9.17) is 4.74 Å². The third-order valence-corrected chi connectivity index (χ3v) is 5.35. The zero-order valence-electron chi connectivity index (χ0n) is 17.0. The van der Waals surface area contributed by atoms with Gasteiger partial charge in [-0.15, -0.1) is 0 Å². The van der Waals surface area contributed by atoms with Gasteiger partial charge in [-0.25, -0.2) is 0 Å². The summed E-state index contributed by atoms with van der Waals surface area (Å²) in [5, 5.41) is 3.04. The Morgan fingerprint density at radius 2 is 1.86 bits per heavy atom. The summed E-state index contributed by atoms with van der Waals surface area (Å²) in [5.41, 5.74) is 5.19. The molecule has 0 radical (unpaired) electrons. The van der Waals surface area contributed by atoms with Crippen LogP contribution < -0.4 is 10.1 Å². The van der Waals surface area contributed by atoms with Gasteiger partial charge in [0.05, 0.1) is 13.0 Å². The van der Waals surface area contributed by atoms with E-state index in [1.165, 1.54) is 5.56 Å². The van der Waals surface area contributed by atoms with Crippen molar-refractivity contribution in [2.45, 2.75) is 33.6 Å². The number of carbonyl (C=O) groups excluding carboxylic acids is 2. The Morgan fingerprint density at radius 3 is 2.54 bits per heavy atom. The van der Waals surface area contributed by atoms with Crippen LogP contribution in [0.4, 0.5) is 5.69 Å². The Balaban J connectivity index is 1.62. The number of likely N-dealkylation sites (tertiary alicyclic amines) is 1. The van der Waals surface area contributed by atoms with Gasteiger partial charge in [0.15, 0.2) is 0 Å². The Labute approximate surface area is 166 Å². The number of hydrogen-bond acceptors (Lipinski definition) is 3. The highest BCUT2D eigenvalue weighted by molar-refractivity contribution is 5.98. The Morgan fingerprint density at radius 1 is 1.18 bits per heavy atom. The van der Waals surface area contributed by atoms with E-state index in [0.29, 0.717) is 19.5 Å². The summed E-state index contributed by atoms with van der Waals surface area (Å²) in [6.07, 6.45) is 0.974. The van der Waals surface area contributed by atoms with E-state index in [1.807, 2.05) is 45.0 Å². The van der Waals surface area contributed by atoms with Gasteiger partial charge in [-0.1, -0.05) is 35.9 Å². The van der Waals surface area contributed by atoms with Crippen LogP contribution in [-0.4, -0.2) is 36.9 Å². The molecule has 0 aromatic heterocycles. The summed E-state index contributed by atoms with van der Waals surface area (Å²) < 4.78 is 5.38. The van der Waals surface area contributed by atoms with Gasteiger partial charge in [-0.3, -0.25) is 9.59 Å².